The van der Waals surface area contributed by atoms with Gasteiger partial charge in [-0.05, 0) is 46.9 Å². The maximum Gasteiger partial charge on any atom is 0.0640 e. The Kier molecular flexibility index (Phi) is 3.88. The SMILES string of the molecule is N#CCCNc1ccc(I)cc1. The average Bonchev–Trinajstić information content (AvgIpc) is 2.09. The van der Waals surface area contributed by atoms with Crippen LogP contribution in [0.15, 0.2) is 24.3 Å². The molecule has 0 aliphatic rings. The molecule has 1 rings (SSSR count). The van der Waals surface area contributed by atoms with E-state index in [9.17, 15) is 0 Å². The van der Waals surface area contributed by atoms with Crippen molar-refractivity contribution in [3.8, 4) is 6.07 Å². The predicted octanol–water partition coefficient (Wildman–Crippen LogP) is 2.62. The van der Waals surface area contributed by atoms with Crippen LogP contribution in [0, 0.1) is 14.9 Å². The number of halogens is 1. The van der Waals surface area contributed by atoms with Gasteiger partial charge in [0.2, 0.25) is 0 Å². The molecule has 1 aromatic carbocycles. The highest BCUT2D eigenvalue weighted by atomic mass is 127. The lowest BCUT2D eigenvalue weighted by Gasteiger charge is -2.02. The van der Waals surface area contributed by atoms with Crippen LogP contribution < -0.4 is 5.32 Å². The van der Waals surface area contributed by atoms with Gasteiger partial charge in [0, 0.05) is 15.8 Å². The van der Waals surface area contributed by atoms with Crippen LogP contribution in [0.3, 0.4) is 0 Å². The smallest absolute Gasteiger partial charge is 0.0640 e. The number of anilines is 1. The first-order valence-corrected chi connectivity index (χ1v) is 4.77. The third-order valence-electron chi connectivity index (χ3n) is 1.41. The fraction of sp³-hybridized carbons (Fsp3) is 0.222. The molecule has 0 aromatic heterocycles. The zero-order valence-corrected chi connectivity index (χ0v) is 8.71. The van der Waals surface area contributed by atoms with Gasteiger partial charge in [-0.25, -0.2) is 0 Å². The second-order valence-corrected chi connectivity index (χ2v) is 3.59. The first-order valence-electron chi connectivity index (χ1n) is 3.69. The molecular weight excluding hydrogens is 263 g/mol. The molecule has 0 aliphatic heterocycles. The van der Waals surface area contributed by atoms with E-state index < -0.39 is 0 Å². The first kappa shape index (κ1) is 9.33. The van der Waals surface area contributed by atoms with E-state index in [1.54, 1.807) is 0 Å². The summed E-state index contributed by atoms with van der Waals surface area (Å²) in [7, 11) is 0. The van der Waals surface area contributed by atoms with E-state index >= 15 is 0 Å². The molecule has 0 fully saturated rings. The normalized spacial score (nSPS) is 9.00. The zero-order valence-electron chi connectivity index (χ0n) is 6.55. The Morgan fingerprint density at radius 3 is 2.58 bits per heavy atom. The van der Waals surface area contributed by atoms with Gasteiger partial charge in [-0.1, -0.05) is 0 Å². The van der Waals surface area contributed by atoms with E-state index in [1.807, 2.05) is 24.3 Å². The molecule has 0 radical (unpaired) electrons. The Morgan fingerprint density at radius 1 is 1.33 bits per heavy atom. The van der Waals surface area contributed by atoms with Crippen molar-refractivity contribution in [2.45, 2.75) is 6.42 Å². The fourth-order valence-electron chi connectivity index (χ4n) is 0.830. The summed E-state index contributed by atoms with van der Waals surface area (Å²) in [5.74, 6) is 0. The minimum atomic E-state index is 0.548. The summed E-state index contributed by atoms with van der Waals surface area (Å²) in [6.07, 6.45) is 0.548. The predicted molar refractivity (Wildman–Crippen MR) is 57.9 cm³/mol. The molecule has 0 bridgehead atoms. The van der Waals surface area contributed by atoms with Crippen molar-refractivity contribution >= 4 is 28.3 Å². The molecule has 62 valence electrons. The van der Waals surface area contributed by atoms with Gasteiger partial charge in [-0.15, -0.1) is 0 Å². The van der Waals surface area contributed by atoms with Crippen LogP contribution in [0.5, 0.6) is 0 Å². The van der Waals surface area contributed by atoms with Gasteiger partial charge in [-0.3, -0.25) is 0 Å². The van der Waals surface area contributed by atoms with Crippen LogP contribution in [0.1, 0.15) is 6.42 Å². The number of benzene rings is 1. The molecule has 12 heavy (non-hydrogen) atoms. The maximum atomic E-state index is 8.30. The van der Waals surface area contributed by atoms with Gasteiger partial charge >= 0.3 is 0 Å². The van der Waals surface area contributed by atoms with E-state index in [2.05, 4.69) is 34.0 Å². The molecule has 0 aliphatic carbocycles. The van der Waals surface area contributed by atoms with Crippen molar-refractivity contribution in [3.05, 3.63) is 27.8 Å². The monoisotopic (exact) mass is 272 g/mol. The Hall–Kier alpha value is -0.760. The maximum absolute atomic E-state index is 8.30. The topological polar surface area (TPSA) is 35.8 Å². The van der Waals surface area contributed by atoms with Crippen LogP contribution in [0.4, 0.5) is 5.69 Å². The van der Waals surface area contributed by atoms with Gasteiger partial charge in [0.15, 0.2) is 0 Å². The Morgan fingerprint density at radius 2 is 2.00 bits per heavy atom. The minimum Gasteiger partial charge on any atom is -0.384 e. The molecule has 0 saturated carbocycles. The standard InChI is InChI=1S/C9H9IN2/c10-8-2-4-9(5-3-8)12-7-1-6-11/h2-5,12H,1,7H2. The third kappa shape index (κ3) is 3.09. The summed E-state index contributed by atoms with van der Waals surface area (Å²) < 4.78 is 1.22. The molecule has 0 heterocycles. The van der Waals surface area contributed by atoms with Gasteiger partial charge in [0.05, 0.1) is 12.5 Å². The minimum absolute atomic E-state index is 0.548. The second kappa shape index (κ2) is 4.99. The van der Waals surface area contributed by atoms with Crippen molar-refractivity contribution < 1.29 is 0 Å². The van der Waals surface area contributed by atoms with Gasteiger partial charge in [0.1, 0.15) is 0 Å². The summed E-state index contributed by atoms with van der Waals surface area (Å²) >= 11 is 2.26. The van der Waals surface area contributed by atoms with Crippen LogP contribution >= 0.6 is 22.6 Å². The summed E-state index contributed by atoms with van der Waals surface area (Å²) in [5, 5.41) is 11.4. The molecular formula is C9H9IN2. The zero-order chi connectivity index (χ0) is 8.81. The Bertz CT molecular complexity index is 274. The van der Waals surface area contributed by atoms with E-state index in [1.165, 1.54) is 3.57 Å². The van der Waals surface area contributed by atoms with E-state index in [4.69, 9.17) is 5.26 Å². The van der Waals surface area contributed by atoms with Crippen LogP contribution in [0.2, 0.25) is 0 Å². The highest BCUT2D eigenvalue weighted by Gasteiger charge is 1.89. The molecule has 3 heteroatoms. The number of hydrogen-bond acceptors (Lipinski definition) is 2. The van der Waals surface area contributed by atoms with Crippen molar-refractivity contribution in [1.29, 1.82) is 5.26 Å². The first-order chi connectivity index (χ1) is 5.83. The van der Waals surface area contributed by atoms with Crippen molar-refractivity contribution in [2.75, 3.05) is 11.9 Å². The quantitative estimate of drug-likeness (QED) is 0.678. The number of nitrogens with zero attached hydrogens (tertiary/aromatic N) is 1. The number of nitrogens with one attached hydrogen (secondary N) is 1. The molecule has 0 atom stereocenters. The molecule has 2 nitrogen and oxygen atoms in total. The number of hydrogen-bond donors (Lipinski definition) is 1. The van der Waals surface area contributed by atoms with E-state index in [0.29, 0.717) is 6.42 Å². The van der Waals surface area contributed by atoms with Gasteiger partial charge in [0.25, 0.3) is 0 Å². The Labute approximate surface area is 85.7 Å². The lowest BCUT2D eigenvalue weighted by atomic mass is 10.3. The largest absolute Gasteiger partial charge is 0.384 e. The average molecular weight is 272 g/mol. The van der Waals surface area contributed by atoms with Crippen molar-refractivity contribution in [2.24, 2.45) is 0 Å². The molecule has 0 amide bonds. The van der Waals surface area contributed by atoms with Crippen LogP contribution in [-0.2, 0) is 0 Å². The number of rotatable bonds is 3. The van der Waals surface area contributed by atoms with Gasteiger partial charge in [-0.2, -0.15) is 5.26 Å². The number of nitriles is 1. The summed E-state index contributed by atoms with van der Waals surface area (Å²) in [4.78, 5) is 0. The highest BCUT2D eigenvalue weighted by Crippen LogP contribution is 2.10. The summed E-state index contributed by atoms with van der Waals surface area (Å²) in [5.41, 5.74) is 1.07. The molecule has 1 aromatic rings. The Balaban J connectivity index is 2.43. The lowest BCUT2D eigenvalue weighted by molar-refractivity contribution is 1.08. The molecule has 1 N–H and O–H groups in total. The molecule has 0 saturated heterocycles. The summed E-state index contributed by atoms with van der Waals surface area (Å²) in [6.45, 7) is 0.719. The fourth-order valence-corrected chi connectivity index (χ4v) is 1.19. The summed E-state index contributed by atoms with van der Waals surface area (Å²) in [6, 6.07) is 10.2. The van der Waals surface area contributed by atoms with E-state index in [0.717, 1.165) is 12.2 Å². The van der Waals surface area contributed by atoms with Gasteiger partial charge < -0.3 is 5.32 Å². The van der Waals surface area contributed by atoms with Crippen LogP contribution in [0.25, 0.3) is 0 Å². The third-order valence-corrected chi connectivity index (χ3v) is 2.13. The van der Waals surface area contributed by atoms with Crippen LogP contribution in [-0.4, -0.2) is 6.54 Å². The highest BCUT2D eigenvalue weighted by molar-refractivity contribution is 14.1. The molecule has 0 unspecified atom stereocenters. The lowest BCUT2D eigenvalue weighted by Crippen LogP contribution is -1.99. The second-order valence-electron chi connectivity index (χ2n) is 2.34. The van der Waals surface area contributed by atoms with Crippen molar-refractivity contribution in [1.82, 2.24) is 0 Å². The van der Waals surface area contributed by atoms with Crippen molar-refractivity contribution in [3.63, 3.8) is 0 Å². The molecule has 0 spiro atoms. The van der Waals surface area contributed by atoms with E-state index in [-0.39, 0.29) is 0 Å².